The van der Waals surface area contributed by atoms with Gasteiger partial charge in [-0.05, 0) is 17.2 Å². The molecule has 1 aliphatic heterocycles. The fraction of sp³-hybridized carbons (Fsp3) is 0.300. The number of benzene rings is 1. The summed E-state index contributed by atoms with van der Waals surface area (Å²) in [4.78, 5) is 28.5. The van der Waals surface area contributed by atoms with Crippen molar-refractivity contribution in [1.82, 2.24) is 9.71 Å². The van der Waals surface area contributed by atoms with E-state index in [9.17, 15) is 32.0 Å². The molecule has 1 aromatic heterocycles. The molecule has 0 saturated carbocycles. The molecule has 0 atom stereocenters. The first-order valence-electron chi connectivity index (χ1n) is 9.49. The summed E-state index contributed by atoms with van der Waals surface area (Å²) in [5.41, 5.74) is -1.04. The van der Waals surface area contributed by atoms with Crippen molar-refractivity contribution in [2.45, 2.75) is 18.8 Å². The van der Waals surface area contributed by atoms with E-state index in [-0.39, 0.29) is 31.1 Å². The number of rotatable bonds is 8. The number of hydrogen-bond donors (Lipinski definition) is 3. The number of nitrogens with zero attached hydrogens (tertiary/aromatic N) is 3. The van der Waals surface area contributed by atoms with Crippen LogP contribution in [0.2, 0.25) is 0 Å². The number of hydrogen-bond acceptors (Lipinski definition) is 8. The van der Waals surface area contributed by atoms with Crippen LogP contribution in [0, 0.1) is 17.2 Å². The number of aromatic carboxylic acids is 1. The third kappa shape index (κ3) is 5.41. The molecule has 3 rings (SSSR count). The van der Waals surface area contributed by atoms with E-state index in [2.05, 4.69) is 4.98 Å². The Morgan fingerprint density at radius 3 is 2.36 bits per heavy atom. The Morgan fingerprint density at radius 2 is 1.85 bits per heavy atom. The highest BCUT2D eigenvalue weighted by molar-refractivity contribution is 7.89. The van der Waals surface area contributed by atoms with Gasteiger partial charge in [0.25, 0.3) is 6.43 Å². The Morgan fingerprint density at radius 1 is 1.24 bits per heavy atom. The zero-order valence-electron chi connectivity index (χ0n) is 16.9. The lowest BCUT2D eigenvalue weighted by atomic mass is 9.98. The molecule has 0 spiro atoms. The summed E-state index contributed by atoms with van der Waals surface area (Å²) < 4.78 is 53.0. The molecule has 3 N–H and O–H groups in total. The average Bonchev–Trinajstić information content (AvgIpc) is 2.71. The monoisotopic (exact) mass is 480 g/mol. The first-order chi connectivity index (χ1) is 15.5. The number of sulfonamides is 1. The second-order valence-corrected chi connectivity index (χ2v) is 9.03. The van der Waals surface area contributed by atoms with Gasteiger partial charge in [-0.2, -0.15) is 5.26 Å². The maximum Gasteiger partial charge on any atom is 0.337 e. The van der Waals surface area contributed by atoms with Gasteiger partial charge in [-0.1, -0.05) is 24.3 Å². The van der Waals surface area contributed by atoms with Crippen molar-refractivity contribution < 1.29 is 37.0 Å². The summed E-state index contributed by atoms with van der Waals surface area (Å²) in [6.45, 7) is -0.380. The molecule has 0 unspecified atom stereocenters. The molecule has 10 nitrogen and oxygen atoms in total. The Hall–Kier alpha value is -3.63. The molecule has 0 aliphatic carbocycles. The number of anilines is 1. The maximum atomic E-state index is 13.2. The highest BCUT2D eigenvalue weighted by atomic mass is 32.2. The minimum Gasteiger partial charge on any atom is -0.478 e. The third-order valence-electron chi connectivity index (χ3n) is 4.96. The number of alkyl halides is 2. The first-order valence-corrected chi connectivity index (χ1v) is 11.1. The maximum absolute atomic E-state index is 13.2. The molecule has 33 heavy (non-hydrogen) atoms. The highest BCUT2D eigenvalue weighted by Crippen LogP contribution is 2.31. The summed E-state index contributed by atoms with van der Waals surface area (Å²) in [5.74, 6) is -3.92. The number of halogens is 2. The normalized spacial score (nSPS) is 14.0. The van der Waals surface area contributed by atoms with Crippen molar-refractivity contribution in [3.05, 3.63) is 58.3 Å². The topological polar surface area (TPSA) is 161 Å². The molecule has 13 heteroatoms. The van der Waals surface area contributed by atoms with Crippen LogP contribution in [0.5, 0.6) is 0 Å². The van der Waals surface area contributed by atoms with E-state index < -0.39 is 51.3 Å². The summed E-state index contributed by atoms with van der Waals surface area (Å²) in [6, 6.07) is 8.63. The van der Waals surface area contributed by atoms with Crippen LogP contribution in [0.3, 0.4) is 0 Å². The van der Waals surface area contributed by atoms with Crippen LogP contribution in [0.25, 0.3) is 0 Å². The second-order valence-electron chi connectivity index (χ2n) is 7.31. The lowest BCUT2D eigenvalue weighted by Gasteiger charge is -2.39. The molecule has 2 aromatic rings. The lowest BCUT2D eigenvalue weighted by Crippen LogP contribution is -2.55. The minimum absolute atomic E-state index is 0.0939. The Labute approximate surface area is 187 Å². The predicted molar refractivity (Wildman–Crippen MR) is 110 cm³/mol. The number of amides is 1. The summed E-state index contributed by atoms with van der Waals surface area (Å²) in [6.07, 6.45) is -3.19. The van der Waals surface area contributed by atoms with E-state index >= 15 is 0 Å². The molecule has 174 valence electrons. The van der Waals surface area contributed by atoms with Crippen molar-refractivity contribution in [2.75, 3.05) is 18.0 Å². The van der Waals surface area contributed by atoms with Gasteiger partial charge in [0.1, 0.15) is 17.6 Å². The predicted octanol–water partition coefficient (Wildman–Crippen LogP) is 1.16. The molecule has 1 saturated heterocycles. The molecule has 0 radical (unpaired) electrons. The number of carboxylic acid groups (broad SMARTS) is 1. The van der Waals surface area contributed by atoms with E-state index in [4.69, 9.17) is 10.2 Å². The largest absolute Gasteiger partial charge is 0.478 e. The minimum atomic E-state index is -4.02. The molecular formula is C20H18F2N4O6S. The average molecular weight is 480 g/mol. The summed E-state index contributed by atoms with van der Waals surface area (Å²) in [5, 5.41) is 27.4. The molecule has 0 bridgehead atoms. The van der Waals surface area contributed by atoms with Crippen LogP contribution in [-0.2, 0) is 27.2 Å². The molecule has 1 aliphatic rings. The Kier molecular flexibility index (Phi) is 6.89. The van der Waals surface area contributed by atoms with Crippen molar-refractivity contribution in [3.8, 4) is 6.07 Å². The highest BCUT2D eigenvalue weighted by Gasteiger charge is 2.37. The van der Waals surface area contributed by atoms with Gasteiger partial charge < -0.3 is 15.1 Å². The van der Waals surface area contributed by atoms with Gasteiger partial charge in [0.05, 0.1) is 29.4 Å². The molecule has 1 fully saturated rings. The molecule has 2 heterocycles. The van der Waals surface area contributed by atoms with Gasteiger partial charge in [-0.3, -0.25) is 9.52 Å². The van der Waals surface area contributed by atoms with Gasteiger partial charge in [0, 0.05) is 13.1 Å². The number of carboxylic acids is 1. The van der Waals surface area contributed by atoms with Crippen LogP contribution in [0.1, 0.15) is 39.2 Å². The van der Waals surface area contributed by atoms with Gasteiger partial charge >= 0.3 is 5.97 Å². The van der Waals surface area contributed by atoms with Crippen molar-refractivity contribution in [1.29, 1.82) is 5.26 Å². The van der Waals surface area contributed by atoms with E-state index in [1.165, 1.54) is 17.0 Å². The number of nitrogens with one attached hydrogen (secondary N) is 1. The first kappa shape index (κ1) is 24.0. The van der Waals surface area contributed by atoms with Crippen LogP contribution in [-0.4, -0.2) is 48.6 Å². The number of aromatic nitrogens is 1. The molecule has 1 aromatic carbocycles. The fourth-order valence-corrected chi connectivity index (χ4v) is 4.41. The van der Waals surface area contributed by atoms with Crippen molar-refractivity contribution >= 4 is 27.7 Å². The Balaban J connectivity index is 1.68. The van der Waals surface area contributed by atoms with Crippen molar-refractivity contribution in [3.63, 3.8) is 0 Å². The quantitative estimate of drug-likeness (QED) is 0.504. The standard InChI is InChI=1S/C20H18F2N4O6S/c21-17(22)16-15(20(29)30)5-13(6-23)18(24-16)26-7-14(8-26)19(28)25-33(31,32)10-12-3-1-11(9-27)2-4-12/h1-5,14,17,27H,7-10H2,(H,25,28)(H,29,30). The third-order valence-corrected chi connectivity index (χ3v) is 6.19. The zero-order valence-corrected chi connectivity index (χ0v) is 17.7. The molecule has 1 amide bonds. The van der Waals surface area contributed by atoms with Gasteiger partial charge in [-0.15, -0.1) is 0 Å². The van der Waals surface area contributed by atoms with Gasteiger partial charge in [-0.25, -0.2) is 27.0 Å². The number of carbonyl (C=O) groups is 2. The number of nitriles is 1. The van der Waals surface area contributed by atoms with Crippen LogP contribution < -0.4 is 9.62 Å². The Bertz CT molecular complexity index is 1220. The number of aliphatic hydroxyl groups is 1. The van der Waals surface area contributed by atoms with E-state index in [1.54, 1.807) is 18.2 Å². The zero-order chi connectivity index (χ0) is 24.3. The van der Waals surface area contributed by atoms with Gasteiger partial charge in [0.2, 0.25) is 15.9 Å². The van der Waals surface area contributed by atoms with Crippen molar-refractivity contribution in [2.24, 2.45) is 5.92 Å². The fourth-order valence-electron chi connectivity index (χ4n) is 3.23. The van der Waals surface area contributed by atoms with Crippen LogP contribution in [0.15, 0.2) is 30.3 Å². The van der Waals surface area contributed by atoms with E-state index in [1.807, 2.05) is 4.72 Å². The van der Waals surface area contributed by atoms with E-state index in [0.717, 1.165) is 6.07 Å². The van der Waals surface area contributed by atoms with E-state index in [0.29, 0.717) is 11.1 Å². The van der Waals surface area contributed by atoms with Crippen LogP contribution in [0.4, 0.5) is 14.6 Å². The number of carbonyl (C=O) groups excluding carboxylic acids is 1. The van der Waals surface area contributed by atoms with Gasteiger partial charge in [0.15, 0.2) is 0 Å². The lowest BCUT2D eigenvalue weighted by molar-refractivity contribution is -0.123. The van der Waals surface area contributed by atoms with Crippen LogP contribution >= 0.6 is 0 Å². The summed E-state index contributed by atoms with van der Waals surface area (Å²) >= 11 is 0. The second kappa shape index (κ2) is 9.47. The SMILES string of the molecule is N#Cc1cc(C(=O)O)c(C(F)F)nc1N1CC(C(=O)NS(=O)(=O)Cc2ccc(CO)cc2)C1. The number of aliphatic hydroxyl groups excluding tert-OH is 1. The smallest absolute Gasteiger partial charge is 0.337 e. The number of pyridine rings is 1. The molecular weight excluding hydrogens is 462 g/mol. The summed E-state index contributed by atoms with van der Waals surface area (Å²) in [7, 11) is -4.02.